The van der Waals surface area contributed by atoms with E-state index in [2.05, 4.69) is 5.32 Å². The van der Waals surface area contributed by atoms with Crippen molar-refractivity contribution in [2.24, 2.45) is 0 Å². The highest BCUT2D eigenvalue weighted by Gasteiger charge is 2.11. The third-order valence-corrected chi connectivity index (χ3v) is 4.27. The largest absolute Gasteiger partial charge is 0.321 e. The predicted molar refractivity (Wildman–Crippen MR) is 87.2 cm³/mol. The van der Waals surface area contributed by atoms with Crippen LogP contribution in [-0.2, 0) is 4.79 Å². The Morgan fingerprint density at radius 1 is 1.19 bits per heavy atom. The maximum absolute atomic E-state index is 12.2. The first-order valence-electron chi connectivity index (χ1n) is 6.55. The first kappa shape index (κ1) is 15.0. The summed E-state index contributed by atoms with van der Waals surface area (Å²) in [6, 6.07) is 9.62. The molecule has 0 saturated carbocycles. The van der Waals surface area contributed by atoms with Gasteiger partial charge in [-0.1, -0.05) is 6.07 Å². The van der Waals surface area contributed by atoms with Crippen molar-refractivity contribution in [2.45, 2.75) is 20.8 Å². The lowest BCUT2D eigenvalue weighted by Crippen LogP contribution is -2.13. The molecule has 0 bridgehead atoms. The van der Waals surface area contributed by atoms with Gasteiger partial charge in [0.2, 0.25) is 0 Å². The fourth-order valence-electron chi connectivity index (χ4n) is 1.83. The van der Waals surface area contributed by atoms with Crippen molar-refractivity contribution in [1.29, 1.82) is 5.26 Å². The average Bonchev–Trinajstić information content (AvgIpc) is 2.85. The van der Waals surface area contributed by atoms with E-state index >= 15 is 0 Å². The van der Waals surface area contributed by atoms with Crippen molar-refractivity contribution in [1.82, 2.24) is 0 Å². The van der Waals surface area contributed by atoms with Gasteiger partial charge in [-0.2, -0.15) is 5.26 Å². The second-order valence-corrected chi connectivity index (χ2v) is 5.84. The molecular weight excluding hydrogens is 280 g/mol. The zero-order chi connectivity index (χ0) is 15.4. The van der Waals surface area contributed by atoms with Crippen LogP contribution >= 0.6 is 11.3 Å². The molecule has 2 rings (SSSR count). The van der Waals surface area contributed by atoms with E-state index in [0.29, 0.717) is 5.69 Å². The number of hydrogen-bond acceptors (Lipinski definition) is 3. The number of carbonyl (C=O) groups is 1. The number of anilines is 1. The van der Waals surface area contributed by atoms with Crippen LogP contribution in [-0.4, -0.2) is 5.91 Å². The minimum Gasteiger partial charge on any atom is -0.321 e. The van der Waals surface area contributed by atoms with Crippen molar-refractivity contribution in [3.63, 3.8) is 0 Å². The van der Waals surface area contributed by atoms with Gasteiger partial charge in [-0.3, -0.25) is 4.79 Å². The number of rotatable bonds is 3. The molecule has 0 aliphatic heterocycles. The summed E-state index contributed by atoms with van der Waals surface area (Å²) in [5.74, 6) is -0.381. The van der Waals surface area contributed by atoms with E-state index in [1.807, 2.05) is 56.5 Å². The number of nitrogens with zero attached hydrogens (tertiary/aromatic N) is 1. The molecule has 0 radical (unpaired) electrons. The van der Waals surface area contributed by atoms with Gasteiger partial charge in [0.1, 0.15) is 11.6 Å². The average molecular weight is 296 g/mol. The molecule has 2 aromatic rings. The van der Waals surface area contributed by atoms with E-state index in [1.165, 1.54) is 16.9 Å². The van der Waals surface area contributed by atoms with E-state index in [1.54, 1.807) is 6.08 Å². The molecule has 21 heavy (non-hydrogen) atoms. The molecule has 0 aliphatic rings. The Morgan fingerprint density at radius 3 is 2.52 bits per heavy atom. The molecule has 106 valence electrons. The van der Waals surface area contributed by atoms with Crippen LogP contribution in [0.2, 0.25) is 0 Å². The molecule has 4 heteroatoms. The summed E-state index contributed by atoms with van der Waals surface area (Å²) >= 11 is 1.51. The van der Waals surface area contributed by atoms with Crippen LogP contribution in [0.25, 0.3) is 6.08 Å². The number of nitrogens with one attached hydrogen (secondary N) is 1. The minimum atomic E-state index is -0.381. The zero-order valence-corrected chi connectivity index (χ0v) is 13.0. The lowest BCUT2D eigenvalue weighted by molar-refractivity contribution is -0.112. The molecule has 3 nitrogen and oxygen atoms in total. The maximum Gasteiger partial charge on any atom is 0.266 e. The maximum atomic E-state index is 12.2. The minimum absolute atomic E-state index is 0.110. The van der Waals surface area contributed by atoms with E-state index in [4.69, 9.17) is 0 Å². The molecule has 0 aliphatic carbocycles. The molecule has 1 N–H and O–H groups in total. The monoisotopic (exact) mass is 296 g/mol. The van der Waals surface area contributed by atoms with E-state index in [-0.39, 0.29) is 11.5 Å². The van der Waals surface area contributed by atoms with Crippen LogP contribution < -0.4 is 5.32 Å². The van der Waals surface area contributed by atoms with Crippen molar-refractivity contribution < 1.29 is 4.79 Å². The van der Waals surface area contributed by atoms with Crippen LogP contribution in [0.4, 0.5) is 5.69 Å². The Bertz CT molecular complexity index is 750. The number of benzene rings is 1. The van der Waals surface area contributed by atoms with Gasteiger partial charge < -0.3 is 5.32 Å². The Balaban J connectivity index is 2.22. The highest BCUT2D eigenvalue weighted by atomic mass is 32.1. The lowest BCUT2D eigenvalue weighted by atomic mass is 10.1. The van der Waals surface area contributed by atoms with E-state index in [0.717, 1.165) is 16.0 Å². The van der Waals surface area contributed by atoms with Gasteiger partial charge in [-0.05, 0) is 67.1 Å². The fourth-order valence-corrected chi connectivity index (χ4v) is 2.69. The SMILES string of the molecule is Cc1ccc(NC(=O)/C(C#N)=C/c2sccc2C)cc1C. The quantitative estimate of drug-likeness (QED) is 0.681. The number of nitriles is 1. The number of amides is 1. The van der Waals surface area contributed by atoms with Gasteiger partial charge in [0, 0.05) is 10.6 Å². The highest BCUT2D eigenvalue weighted by molar-refractivity contribution is 7.11. The van der Waals surface area contributed by atoms with E-state index < -0.39 is 0 Å². The number of carbonyl (C=O) groups excluding carboxylic acids is 1. The smallest absolute Gasteiger partial charge is 0.266 e. The van der Waals surface area contributed by atoms with Gasteiger partial charge in [-0.25, -0.2) is 0 Å². The fraction of sp³-hybridized carbons (Fsp3) is 0.176. The summed E-state index contributed by atoms with van der Waals surface area (Å²) < 4.78 is 0. The molecule has 0 spiro atoms. The molecule has 1 amide bonds. The summed E-state index contributed by atoms with van der Waals surface area (Å²) in [6.07, 6.45) is 1.64. The van der Waals surface area contributed by atoms with E-state index in [9.17, 15) is 10.1 Å². The molecule has 0 saturated heterocycles. The summed E-state index contributed by atoms with van der Waals surface area (Å²) in [6.45, 7) is 5.96. The number of hydrogen-bond donors (Lipinski definition) is 1. The van der Waals surface area contributed by atoms with Crippen molar-refractivity contribution in [2.75, 3.05) is 5.32 Å². The number of aryl methyl sites for hydroxylation is 3. The van der Waals surface area contributed by atoms with Gasteiger partial charge in [0.25, 0.3) is 5.91 Å². The van der Waals surface area contributed by atoms with Crippen molar-refractivity contribution in [3.8, 4) is 6.07 Å². The van der Waals surface area contributed by atoms with Crippen molar-refractivity contribution in [3.05, 3.63) is 56.8 Å². The molecule has 0 atom stereocenters. The van der Waals surface area contributed by atoms with Crippen molar-refractivity contribution >= 4 is 29.0 Å². The third-order valence-electron chi connectivity index (χ3n) is 3.31. The molecule has 1 aromatic carbocycles. The molecular formula is C17H16N2OS. The molecule has 1 aromatic heterocycles. The molecule has 0 unspecified atom stereocenters. The first-order valence-corrected chi connectivity index (χ1v) is 7.43. The summed E-state index contributed by atoms with van der Waals surface area (Å²) in [4.78, 5) is 13.1. The molecule has 1 heterocycles. The Labute approximate surface area is 128 Å². The Hall–Kier alpha value is -2.38. The Kier molecular flexibility index (Phi) is 4.56. The predicted octanol–water partition coefficient (Wildman–Crippen LogP) is 4.22. The highest BCUT2D eigenvalue weighted by Crippen LogP contribution is 2.20. The second kappa shape index (κ2) is 6.38. The van der Waals surface area contributed by atoms with Crippen LogP contribution in [0.5, 0.6) is 0 Å². The van der Waals surface area contributed by atoms with Gasteiger partial charge in [0.05, 0.1) is 0 Å². The molecule has 0 fully saturated rings. The first-order chi connectivity index (χ1) is 10.0. The standard InChI is InChI=1S/C17H16N2OS/c1-11-4-5-15(8-13(11)3)19-17(20)14(10-18)9-16-12(2)6-7-21-16/h4-9H,1-3H3,(H,19,20)/b14-9+. The Morgan fingerprint density at radius 2 is 1.95 bits per heavy atom. The zero-order valence-electron chi connectivity index (χ0n) is 12.2. The normalized spacial score (nSPS) is 11.0. The van der Waals surface area contributed by atoms with Crippen LogP contribution in [0.1, 0.15) is 21.6 Å². The summed E-state index contributed by atoms with van der Waals surface area (Å²) in [7, 11) is 0. The second-order valence-electron chi connectivity index (χ2n) is 4.89. The van der Waals surface area contributed by atoms with Gasteiger partial charge in [0.15, 0.2) is 0 Å². The van der Waals surface area contributed by atoms with Gasteiger partial charge in [-0.15, -0.1) is 11.3 Å². The topological polar surface area (TPSA) is 52.9 Å². The summed E-state index contributed by atoms with van der Waals surface area (Å²) in [5, 5.41) is 13.9. The summed E-state index contributed by atoms with van der Waals surface area (Å²) in [5.41, 5.74) is 4.14. The van der Waals surface area contributed by atoms with Crippen LogP contribution in [0.15, 0.2) is 35.2 Å². The third kappa shape index (κ3) is 3.59. The van der Waals surface area contributed by atoms with Crippen LogP contribution in [0, 0.1) is 32.1 Å². The van der Waals surface area contributed by atoms with Gasteiger partial charge >= 0.3 is 0 Å². The van der Waals surface area contributed by atoms with Crippen LogP contribution in [0.3, 0.4) is 0 Å². The number of thiophene rings is 1. The lowest BCUT2D eigenvalue weighted by Gasteiger charge is -2.07.